The molecule has 102 valence electrons. The molecule has 0 saturated carbocycles. The van der Waals surface area contributed by atoms with Gasteiger partial charge in [0, 0.05) is 14.1 Å². The Balaban J connectivity index is 2.39. The third-order valence-electron chi connectivity index (χ3n) is 3.53. The molecule has 0 spiro atoms. The number of H-pyrrole nitrogens is 1. The van der Waals surface area contributed by atoms with Crippen LogP contribution in [0, 0.1) is 11.7 Å². The maximum Gasteiger partial charge on any atom is 0.182 e. The molecule has 20 heavy (non-hydrogen) atoms. The Morgan fingerprint density at radius 1 is 1.05 bits per heavy atom. The molecule has 4 heteroatoms. The highest BCUT2D eigenvalue weighted by Crippen LogP contribution is 2.28. The van der Waals surface area contributed by atoms with Crippen molar-refractivity contribution in [3.05, 3.63) is 52.8 Å². The SMILES string of the molecule is Cc1cccc2c1[nH]c(=S)n2-c1ccccc1N(C)C. The summed E-state index contributed by atoms with van der Waals surface area (Å²) in [5.41, 5.74) is 5.66. The van der Waals surface area contributed by atoms with Gasteiger partial charge in [-0.2, -0.15) is 0 Å². The average Bonchev–Trinajstić information content (AvgIpc) is 2.76. The summed E-state index contributed by atoms with van der Waals surface area (Å²) in [6, 6.07) is 14.5. The first-order valence-electron chi connectivity index (χ1n) is 6.56. The summed E-state index contributed by atoms with van der Waals surface area (Å²) >= 11 is 5.53. The maximum absolute atomic E-state index is 5.53. The number of aryl methyl sites for hydroxylation is 1. The molecule has 2 aromatic carbocycles. The van der Waals surface area contributed by atoms with Crippen LogP contribution in [0.25, 0.3) is 16.7 Å². The number of hydrogen-bond acceptors (Lipinski definition) is 2. The van der Waals surface area contributed by atoms with Gasteiger partial charge in [0.1, 0.15) is 0 Å². The Morgan fingerprint density at radius 2 is 1.80 bits per heavy atom. The van der Waals surface area contributed by atoms with Gasteiger partial charge >= 0.3 is 0 Å². The van der Waals surface area contributed by atoms with E-state index in [0.717, 1.165) is 27.2 Å². The van der Waals surface area contributed by atoms with Crippen LogP contribution in [0.1, 0.15) is 5.56 Å². The van der Waals surface area contributed by atoms with E-state index >= 15 is 0 Å². The lowest BCUT2D eigenvalue weighted by Crippen LogP contribution is -2.12. The minimum Gasteiger partial charge on any atom is -0.376 e. The Hall–Kier alpha value is -2.07. The van der Waals surface area contributed by atoms with Gasteiger partial charge in [0.2, 0.25) is 0 Å². The number of aromatic amines is 1. The topological polar surface area (TPSA) is 24.0 Å². The van der Waals surface area contributed by atoms with E-state index in [1.54, 1.807) is 0 Å². The maximum atomic E-state index is 5.53. The van der Waals surface area contributed by atoms with Crippen molar-refractivity contribution in [2.24, 2.45) is 0 Å². The number of hydrogen-bond donors (Lipinski definition) is 1. The van der Waals surface area contributed by atoms with Gasteiger partial charge in [0.05, 0.1) is 22.4 Å². The van der Waals surface area contributed by atoms with Crippen molar-refractivity contribution in [2.75, 3.05) is 19.0 Å². The molecule has 0 bridgehead atoms. The Kier molecular flexibility index (Phi) is 3.10. The van der Waals surface area contributed by atoms with Crippen molar-refractivity contribution in [3.8, 4) is 5.69 Å². The summed E-state index contributed by atoms with van der Waals surface area (Å²) < 4.78 is 2.83. The van der Waals surface area contributed by atoms with Gasteiger partial charge in [-0.15, -0.1) is 0 Å². The first kappa shape index (κ1) is 12.9. The number of rotatable bonds is 2. The van der Waals surface area contributed by atoms with Crippen molar-refractivity contribution in [1.29, 1.82) is 0 Å². The van der Waals surface area contributed by atoms with Crippen LogP contribution in [0.3, 0.4) is 0 Å². The second-order valence-corrected chi connectivity index (χ2v) is 5.50. The molecule has 0 aliphatic carbocycles. The van der Waals surface area contributed by atoms with E-state index in [0.29, 0.717) is 0 Å². The van der Waals surface area contributed by atoms with Crippen LogP contribution in [0.4, 0.5) is 5.69 Å². The summed E-state index contributed by atoms with van der Waals surface area (Å²) in [5.74, 6) is 0. The molecule has 0 atom stereocenters. The fraction of sp³-hybridized carbons (Fsp3) is 0.188. The quantitative estimate of drug-likeness (QED) is 0.717. The van der Waals surface area contributed by atoms with Crippen molar-refractivity contribution in [3.63, 3.8) is 0 Å². The first-order valence-corrected chi connectivity index (χ1v) is 6.97. The van der Waals surface area contributed by atoms with E-state index in [1.165, 1.54) is 5.56 Å². The lowest BCUT2D eigenvalue weighted by molar-refractivity contribution is 1.03. The van der Waals surface area contributed by atoms with E-state index in [2.05, 4.69) is 51.7 Å². The Labute approximate surface area is 123 Å². The summed E-state index contributed by atoms with van der Waals surface area (Å²) in [4.78, 5) is 5.42. The summed E-state index contributed by atoms with van der Waals surface area (Å²) in [6.45, 7) is 2.09. The summed E-state index contributed by atoms with van der Waals surface area (Å²) in [5, 5.41) is 0. The average molecular weight is 283 g/mol. The highest BCUT2D eigenvalue weighted by Gasteiger charge is 2.12. The van der Waals surface area contributed by atoms with Crippen molar-refractivity contribution in [1.82, 2.24) is 9.55 Å². The Bertz CT molecular complexity index is 827. The first-order chi connectivity index (χ1) is 9.59. The van der Waals surface area contributed by atoms with Gasteiger partial charge in [-0.1, -0.05) is 24.3 Å². The number of aromatic nitrogens is 2. The summed E-state index contributed by atoms with van der Waals surface area (Å²) in [6.07, 6.45) is 0. The van der Waals surface area contributed by atoms with Gasteiger partial charge in [-0.05, 0) is 42.9 Å². The van der Waals surface area contributed by atoms with Crippen LogP contribution in [0.15, 0.2) is 42.5 Å². The van der Waals surface area contributed by atoms with Gasteiger partial charge in [0.25, 0.3) is 0 Å². The highest BCUT2D eigenvalue weighted by molar-refractivity contribution is 7.71. The molecule has 1 N–H and O–H groups in total. The number of fused-ring (bicyclic) bond motifs is 1. The largest absolute Gasteiger partial charge is 0.376 e. The fourth-order valence-electron chi connectivity index (χ4n) is 2.54. The van der Waals surface area contributed by atoms with Crippen LogP contribution in [0.2, 0.25) is 0 Å². The van der Waals surface area contributed by atoms with Crippen LogP contribution >= 0.6 is 12.2 Å². The van der Waals surface area contributed by atoms with Crippen molar-refractivity contribution < 1.29 is 0 Å². The minimum absolute atomic E-state index is 0.726. The van der Waals surface area contributed by atoms with E-state index in [9.17, 15) is 0 Å². The number of nitrogens with zero attached hydrogens (tertiary/aromatic N) is 2. The van der Waals surface area contributed by atoms with E-state index in [-0.39, 0.29) is 0 Å². The van der Waals surface area contributed by atoms with Crippen molar-refractivity contribution >= 4 is 28.9 Å². The zero-order valence-electron chi connectivity index (χ0n) is 11.8. The molecule has 0 aliphatic rings. The number of para-hydroxylation sites is 3. The monoisotopic (exact) mass is 283 g/mol. The standard InChI is InChI=1S/C16H17N3S/c1-11-7-6-10-14-15(11)17-16(20)19(14)13-9-5-4-8-12(13)18(2)3/h4-10H,1-3H3,(H,17,20). The van der Waals surface area contributed by atoms with Gasteiger partial charge in [-0.3, -0.25) is 4.57 Å². The zero-order valence-corrected chi connectivity index (χ0v) is 12.7. The normalized spacial score (nSPS) is 10.9. The molecule has 0 amide bonds. The second-order valence-electron chi connectivity index (χ2n) is 5.12. The van der Waals surface area contributed by atoms with Gasteiger partial charge < -0.3 is 9.88 Å². The zero-order chi connectivity index (χ0) is 14.3. The predicted octanol–water partition coefficient (Wildman–Crippen LogP) is 4.06. The number of nitrogens with one attached hydrogen (secondary N) is 1. The molecule has 0 fully saturated rings. The highest BCUT2D eigenvalue weighted by atomic mass is 32.1. The molecule has 0 unspecified atom stereocenters. The smallest absolute Gasteiger partial charge is 0.182 e. The third-order valence-corrected chi connectivity index (χ3v) is 3.82. The van der Waals surface area contributed by atoms with E-state index in [4.69, 9.17) is 12.2 Å². The van der Waals surface area contributed by atoms with Crippen LogP contribution in [0.5, 0.6) is 0 Å². The molecule has 3 rings (SSSR count). The van der Waals surface area contributed by atoms with Crippen LogP contribution < -0.4 is 4.90 Å². The Morgan fingerprint density at radius 3 is 2.55 bits per heavy atom. The number of imidazole rings is 1. The van der Waals surface area contributed by atoms with Crippen LogP contribution in [-0.4, -0.2) is 23.6 Å². The second kappa shape index (κ2) is 4.80. The summed E-state index contributed by atoms with van der Waals surface area (Å²) in [7, 11) is 4.09. The van der Waals surface area contributed by atoms with Gasteiger partial charge in [-0.25, -0.2) is 0 Å². The predicted molar refractivity (Wildman–Crippen MR) is 87.5 cm³/mol. The third kappa shape index (κ3) is 1.93. The molecule has 1 aromatic heterocycles. The minimum atomic E-state index is 0.726. The fourth-order valence-corrected chi connectivity index (χ4v) is 2.84. The van der Waals surface area contributed by atoms with Crippen LogP contribution in [-0.2, 0) is 0 Å². The number of benzene rings is 2. The number of anilines is 1. The van der Waals surface area contributed by atoms with E-state index < -0.39 is 0 Å². The molecular weight excluding hydrogens is 266 g/mol. The molecule has 3 nitrogen and oxygen atoms in total. The lowest BCUT2D eigenvalue weighted by atomic mass is 10.2. The molecule has 0 radical (unpaired) electrons. The van der Waals surface area contributed by atoms with Crippen molar-refractivity contribution in [2.45, 2.75) is 6.92 Å². The lowest BCUT2D eigenvalue weighted by Gasteiger charge is -2.18. The molecule has 0 aliphatic heterocycles. The molecular formula is C16H17N3S. The van der Waals surface area contributed by atoms with E-state index in [1.807, 2.05) is 26.2 Å². The molecule has 1 heterocycles. The van der Waals surface area contributed by atoms with Gasteiger partial charge in [0.15, 0.2) is 4.77 Å². The molecule has 0 saturated heterocycles. The molecule has 3 aromatic rings.